The van der Waals surface area contributed by atoms with Crippen molar-refractivity contribution in [3.63, 3.8) is 0 Å². The van der Waals surface area contributed by atoms with Gasteiger partial charge in [-0.15, -0.1) is 0 Å². The van der Waals surface area contributed by atoms with Gasteiger partial charge in [-0.3, -0.25) is 0 Å². The van der Waals surface area contributed by atoms with Gasteiger partial charge < -0.3 is 15.6 Å². The van der Waals surface area contributed by atoms with Gasteiger partial charge in [-0.25, -0.2) is 9.78 Å². The van der Waals surface area contributed by atoms with Crippen molar-refractivity contribution in [3.8, 4) is 0 Å². The van der Waals surface area contributed by atoms with E-state index in [4.69, 9.17) is 5.73 Å². The number of urea groups is 1. The van der Waals surface area contributed by atoms with E-state index < -0.39 is 6.03 Å². The second-order valence-corrected chi connectivity index (χ2v) is 2.54. The lowest BCUT2D eigenvalue weighted by atomic mass is 10.3. The SMILES string of the molecule is Cn1cncc1CCNC(N)=O. The summed E-state index contributed by atoms with van der Waals surface area (Å²) in [6, 6.07) is -0.489. The summed E-state index contributed by atoms with van der Waals surface area (Å²) in [5.74, 6) is 0. The van der Waals surface area contributed by atoms with E-state index in [1.54, 1.807) is 12.5 Å². The first-order valence-corrected chi connectivity index (χ1v) is 3.68. The first kappa shape index (κ1) is 8.58. The number of aryl methyl sites for hydroxylation is 1. The Morgan fingerprint density at radius 3 is 3.08 bits per heavy atom. The maximum Gasteiger partial charge on any atom is 0.312 e. The number of hydrogen-bond donors (Lipinski definition) is 2. The quantitative estimate of drug-likeness (QED) is 0.646. The largest absolute Gasteiger partial charge is 0.352 e. The lowest BCUT2D eigenvalue weighted by Crippen LogP contribution is -2.31. The van der Waals surface area contributed by atoms with Crippen LogP contribution in [0.3, 0.4) is 0 Å². The van der Waals surface area contributed by atoms with Gasteiger partial charge in [0.2, 0.25) is 0 Å². The monoisotopic (exact) mass is 168 g/mol. The van der Waals surface area contributed by atoms with Gasteiger partial charge in [-0.1, -0.05) is 0 Å². The topological polar surface area (TPSA) is 72.9 Å². The Hall–Kier alpha value is -1.52. The van der Waals surface area contributed by atoms with E-state index in [0.29, 0.717) is 6.54 Å². The molecule has 1 aromatic heterocycles. The molecule has 0 radical (unpaired) electrons. The molecule has 0 unspecified atom stereocenters. The first-order valence-electron chi connectivity index (χ1n) is 3.68. The fourth-order valence-electron chi connectivity index (χ4n) is 0.939. The zero-order valence-corrected chi connectivity index (χ0v) is 6.95. The molecule has 0 saturated carbocycles. The Balaban J connectivity index is 2.33. The minimum absolute atomic E-state index is 0.489. The molecule has 66 valence electrons. The molecule has 0 fully saturated rings. The van der Waals surface area contributed by atoms with Crippen molar-refractivity contribution >= 4 is 6.03 Å². The Kier molecular flexibility index (Phi) is 2.68. The molecule has 2 amide bonds. The Morgan fingerprint density at radius 2 is 2.58 bits per heavy atom. The maximum atomic E-state index is 10.3. The average molecular weight is 168 g/mol. The first-order chi connectivity index (χ1) is 5.70. The zero-order valence-electron chi connectivity index (χ0n) is 6.95. The zero-order chi connectivity index (χ0) is 8.97. The van der Waals surface area contributed by atoms with Crippen LogP contribution < -0.4 is 11.1 Å². The number of nitrogens with two attached hydrogens (primary N) is 1. The molecular weight excluding hydrogens is 156 g/mol. The number of aromatic nitrogens is 2. The molecule has 0 atom stereocenters. The van der Waals surface area contributed by atoms with Gasteiger partial charge in [0.05, 0.1) is 6.33 Å². The number of imidazole rings is 1. The second kappa shape index (κ2) is 3.75. The summed E-state index contributed by atoms with van der Waals surface area (Å²) in [7, 11) is 1.91. The van der Waals surface area contributed by atoms with Crippen molar-refractivity contribution < 1.29 is 4.79 Å². The van der Waals surface area contributed by atoms with Crippen molar-refractivity contribution in [2.45, 2.75) is 6.42 Å². The van der Waals surface area contributed by atoms with Gasteiger partial charge in [-0.2, -0.15) is 0 Å². The number of primary amides is 1. The number of nitrogens with one attached hydrogen (secondary N) is 1. The lowest BCUT2D eigenvalue weighted by Gasteiger charge is -2.01. The standard InChI is InChI=1S/C7H12N4O/c1-11-5-9-4-6(11)2-3-10-7(8)12/h4-5H,2-3H2,1H3,(H3,8,10,12). The van der Waals surface area contributed by atoms with E-state index in [2.05, 4.69) is 10.3 Å². The molecule has 1 rings (SSSR count). The molecule has 0 aromatic carbocycles. The van der Waals surface area contributed by atoms with E-state index in [1.165, 1.54) is 0 Å². The van der Waals surface area contributed by atoms with E-state index in [9.17, 15) is 4.79 Å². The molecule has 0 bridgehead atoms. The minimum Gasteiger partial charge on any atom is -0.352 e. The minimum atomic E-state index is -0.489. The number of rotatable bonds is 3. The van der Waals surface area contributed by atoms with Gasteiger partial charge in [0, 0.05) is 31.9 Å². The van der Waals surface area contributed by atoms with Crippen LogP contribution in [0.4, 0.5) is 4.79 Å². The Labute approximate surface area is 70.6 Å². The van der Waals surface area contributed by atoms with Crippen molar-refractivity contribution in [1.29, 1.82) is 0 Å². The highest BCUT2D eigenvalue weighted by atomic mass is 16.2. The van der Waals surface area contributed by atoms with Crippen molar-refractivity contribution in [2.24, 2.45) is 12.8 Å². The highest BCUT2D eigenvalue weighted by molar-refractivity contribution is 5.71. The third-order valence-electron chi connectivity index (χ3n) is 1.60. The molecule has 12 heavy (non-hydrogen) atoms. The van der Waals surface area contributed by atoms with E-state index in [1.807, 2.05) is 11.6 Å². The summed E-state index contributed by atoms with van der Waals surface area (Å²) in [6.45, 7) is 0.550. The van der Waals surface area contributed by atoms with Crippen LogP contribution in [0.25, 0.3) is 0 Å². The van der Waals surface area contributed by atoms with Crippen LogP contribution in [0.15, 0.2) is 12.5 Å². The normalized spacial score (nSPS) is 9.75. The van der Waals surface area contributed by atoms with E-state index in [-0.39, 0.29) is 0 Å². The fourth-order valence-corrected chi connectivity index (χ4v) is 0.939. The van der Waals surface area contributed by atoms with Crippen LogP contribution in [-0.2, 0) is 13.5 Å². The Morgan fingerprint density at radius 1 is 1.83 bits per heavy atom. The molecular formula is C7H12N4O. The van der Waals surface area contributed by atoms with Crippen molar-refractivity contribution in [3.05, 3.63) is 18.2 Å². The smallest absolute Gasteiger partial charge is 0.312 e. The fraction of sp³-hybridized carbons (Fsp3) is 0.429. The molecule has 0 aliphatic rings. The van der Waals surface area contributed by atoms with Crippen LogP contribution in [0.2, 0.25) is 0 Å². The van der Waals surface area contributed by atoms with Crippen LogP contribution in [0.5, 0.6) is 0 Å². The van der Waals surface area contributed by atoms with Gasteiger partial charge in [0.1, 0.15) is 0 Å². The predicted octanol–water partition coefficient (Wildman–Crippen LogP) is -0.369. The molecule has 5 heteroatoms. The molecule has 5 nitrogen and oxygen atoms in total. The van der Waals surface area contributed by atoms with Gasteiger partial charge >= 0.3 is 6.03 Å². The molecule has 3 N–H and O–H groups in total. The summed E-state index contributed by atoms with van der Waals surface area (Å²) < 4.78 is 1.91. The highest BCUT2D eigenvalue weighted by Crippen LogP contribution is 1.95. The number of amides is 2. The average Bonchev–Trinajstić information content (AvgIpc) is 2.36. The van der Waals surface area contributed by atoms with Gasteiger partial charge in [0.25, 0.3) is 0 Å². The summed E-state index contributed by atoms with van der Waals surface area (Å²) in [5.41, 5.74) is 5.97. The third-order valence-corrected chi connectivity index (χ3v) is 1.60. The van der Waals surface area contributed by atoms with E-state index >= 15 is 0 Å². The summed E-state index contributed by atoms with van der Waals surface area (Å²) in [4.78, 5) is 14.2. The molecule has 0 aliphatic heterocycles. The third kappa shape index (κ3) is 2.26. The highest BCUT2D eigenvalue weighted by Gasteiger charge is 1.97. The van der Waals surface area contributed by atoms with Crippen LogP contribution >= 0.6 is 0 Å². The molecule has 1 heterocycles. The van der Waals surface area contributed by atoms with Crippen molar-refractivity contribution in [2.75, 3.05) is 6.54 Å². The predicted molar refractivity (Wildman–Crippen MR) is 44.5 cm³/mol. The number of nitrogens with zero attached hydrogens (tertiary/aromatic N) is 2. The van der Waals surface area contributed by atoms with Gasteiger partial charge in [-0.05, 0) is 0 Å². The van der Waals surface area contributed by atoms with Crippen LogP contribution in [0.1, 0.15) is 5.69 Å². The van der Waals surface area contributed by atoms with Crippen molar-refractivity contribution in [1.82, 2.24) is 14.9 Å². The summed E-state index contributed by atoms with van der Waals surface area (Å²) in [6.07, 6.45) is 4.24. The van der Waals surface area contributed by atoms with Crippen LogP contribution in [0, 0.1) is 0 Å². The van der Waals surface area contributed by atoms with E-state index in [0.717, 1.165) is 12.1 Å². The summed E-state index contributed by atoms with van der Waals surface area (Å²) in [5, 5.41) is 2.51. The molecule has 0 saturated heterocycles. The Bertz CT molecular complexity index is 268. The number of carbonyl (C=O) groups is 1. The molecule has 0 spiro atoms. The summed E-state index contributed by atoms with van der Waals surface area (Å²) >= 11 is 0. The number of carbonyl (C=O) groups excluding carboxylic acids is 1. The van der Waals surface area contributed by atoms with Gasteiger partial charge in [0.15, 0.2) is 0 Å². The maximum absolute atomic E-state index is 10.3. The lowest BCUT2D eigenvalue weighted by molar-refractivity contribution is 0.249. The molecule has 0 aliphatic carbocycles. The number of hydrogen-bond acceptors (Lipinski definition) is 2. The molecule has 1 aromatic rings. The second-order valence-electron chi connectivity index (χ2n) is 2.54. The van der Waals surface area contributed by atoms with Crippen LogP contribution in [-0.4, -0.2) is 22.1 Å².